The Labute approximate surface area is 355 Å². The fourth-order valence-corrected chi connectivity index (χ4v) is 13.0. The van der Waals surface area contributed by atoms with Crippen LogP contribution in [0.2, 0.25) is 0 Å². The van der Waals surface area contributed by atoms with Crippen molar-refractivity contribution in [1.29, 1.82) is 0 Å². The van der Waals surface area contributed by atoms with Crippen LogP contribution in [0, 0.1) is 17.7 Å². The summed E-state index contributed by atoms with van der Waals surface area (Å²) in [6.45, 7) is 8.61. The lowest BCUT2D eigenvalue weighted by molar-refractivity contribution is -0.129. The Bertz CT molecular complexity index is 1950. The third-order valence-corrected chi connectivity index (χ3v) is 16.9. The number of likely N-dealkylation sites (tertiary alicyclic amines) is 4. The number of carbonyl (C=O) groups is 2. The van der Waals surface area contributed by atoms with Crippen LogP contribution in [0.5, 0.6) is 0 Å². The van der Waals surface area contributed by atoms with Crippen LogP contribution < -0.4 is 10.2 Å². The molecule has 60 heavy (non-hydrogen) atoms. The number of ether oxygens (including phenoxy) is 1. The maximum Gasteiger partial charge on any atom is 0.407 e. The lowest BCUT2D eigenvalue weighted by Gasteiger charge is -2.53. The summed E-state index contributed by atoms with van der Waals surface area (Å²) in [6, 6.07) is 13.8. The molecule has 1 aliphatic carbocycles. The Morgan fingerprint density at radius 3 is 2.30 bits per heavy atom. The molecule has 11 nitrogen and oxygen atoms in total. The smallest absolute Gasteiger partial charge is 0.407 e. The second-order valence-corrected chi connectivity index (χ2v) is 20.7. The number of benzene rings is 2. The number of hydrogen-bond acceptors (Lipinski definition) is 9. The molecule has 1 N–H and O–H groups in total. The van der Waals surface area contributed by atoms with E-state index in [1.54, 1.807) is 41.3 Å². The van der Waals surface area contributed by atoms with E-state index in [1.165, 1.54) is 32.4 Å². The normalized spacial score (nSPS) is 27.4. The van der Waals surface area contributed by atoms with Crippen molar-refractivity contribution in [3.05, 3.63) is 72.1 Å². The van der Waals surface area contributed by atoms with Crippen LogP contribution in [0.1, 0.15) is 69.8 Å². The van der Waals surface area contributed by atoms with E-state index in [0.29, 0.717) is 19.5 Å². The van der Waals surface area contributed by atoms with Crippen LogP contribution in [-0.4, -0.2) is 149 Å². The van der Waals surface area contributed by atoms with Gasteiger partial charge in [-0.2, -0.15) is 0 Å². The monoisotopic (exact) mass is 850 g/mol. The fourth-order valence-electron chi connectivity index (χ4n) is 11.3. The molecule has 0 aromatic heterocycles. The molecular formula is C46H64F2N6O5S. The van der Waals surface area contributed by atoms with E-state index in [-0.39, 0.29) is 59.5 Å². The maximum absolute atomic E-state index is 16.7. The fraction of sp³-hybridized carbons (Fsp3) is 0.652. The van der Waals surface area contributed by atoms with E-state index in [2.05, 4.69) is 26.1 Å². The van der Waals surface area contributed by atoms with E-state index < -0.39 is 26.8 Å². The molecule has 5 aliphatic heterocycles. The van der Waals surface area contributed by atoms with Gasteiger partial charge in [-0.25, -0.2) is 22.0 Å². The zero-order valence-corrected chi connectivity index (χ0v) is 36.1. The van der Waals surface area contributed by atoms with Crippen LogP contribution in [0.4, 0.5) is 19.3 Å². The Hall–Kier alpha value is -3.59. The first-order valence-corrected chi connectivity index (χ1v) is 24.0. The van der Waals surface area contributed by atoms with E-state index >= 15 is 8.78 Å². The minimum Gasteiger partial charge on any atom is -0.453 e. The Morgan fingerprint density at radius 1 is 0.883 bits per heavy atom. The van der Waals surface area contributed by atoms with Crippen LogP contribution in [0.3, 0.4) is 0 Å². The molecular weight excluding hydrogens is 787 g/mol. The largest absolute Gasteiger partial charge is 0.453 e. The van der Waals surface area contributed by atoms with Gasteiger partial charge in [-0.1, -0.05) is 31.1 Å². The molecule has 1 unspecified atom stereocenters. The minimum absolute atomic E-state index is 0.0753. The molecule has 2 amide bonds. The molecule has 2 aromatic rings. The third kappa shape index (κ3) is 9.27. The average Bonchev–Trinajstić information content (AvgIpc) is 3.84. The molecule has 1 saturated carbocycles. The van der Waals surface area contributed by atoms with Crippen LogP contribution in [0.25, 0.3) is 0 Å². The van der Waals surface area contributed by atoms with Crippen molar-refractivity contribution in [3.63, 3.8) is 0 Å². The molecule has 6 aliphatic rings. The number of anilines is 1. The summed E-state index contributed by atoms with van der Waals surface area (Å²) in [7, 11) is -2.22. The van der Waals surface area contributed by atoms with Crippen molar-refractivity contribution in [2.45, 2.75) is 91.5 Å². The number of halogens is 2. The minimum atomic E-state index is -3.62. The van der Waals surface area contributed by atoms with E-state index in [0.717, 1.165) is 102 Å². The molecule has 8 rings (SSSR count). The van der Waals surface area contributed by atoms with Crippen molar-refractivity contribution in [2.75, 3.05) is 97.1 Å². The standard InChI is InChI=1S/C46H64F2N6O5S/c1-59-44(56)49-42-12-6-11-41(42)46(34-51-24-8-25-51,36-9-5-10-37(47)29-36)35-18-26-52(27-19-35)32-45(48)20-28-53(33-45)38-14-16-39(17-15-38)60(57,58)40-30-54(31-40)43(55)13-7-23-50-21-3-2-4-22-50/h5,7,9-10,13-17,29,35,40-42H,2-4,6,8,11-12,18-28,30-34H2,1H3,(H,49,56)/b13-7+/t41-,42-,45+,46?/m0/s1. The van der Waals surface area contributed by atoms with E-state index in [4.69, 9.17) is 4.74 Å². The Kier molecular flexibility index (Phi) is 13.2. The van der Waals surface area contributed by atoms with Gasteiger partial charge in [0.25, 0.3) is 0 Å². The summed E-state index contributed by atoms with van der Waals surface area (Å²) >= 11 is 0. The Balaban J connectivity index is 0.872. The molecule has 2 aromatic carbocycles. The number of nitrogens with zero attached hydrogens (tertiary/aromatic N) is 5. The van der Waals surface area contributed by atoms with Crippen LogP contribution >= 0.6 is 0 Å². The van der Waals surface area contributed by atoms with Gasteiger partial charge < -0.3 is 29.7 Å². The van der Waals surface area contributed by atoms with Crippen molar-refractivity contribution in [3.8, 4) is 0 Å². The Morgan fingerprint density at radius 2 is 1.62 bits per heavy atom. The van der Waals surface area contributed by atoms with Crippen LogP contribution in [-0.2, 0) is 24.8 Å². The third-order valence-electron chi connectivity index (χ3n) is 14.8. The summed E-state index contributed by atoms with van der Waals surface area (Å²) < 4.78 is 63.8. The van der Waals surface area contributed by atoms with Gasteiger partial charge in [0.1, 0.15) is 16.7 Å². The number of sulfone groups is 1. The number of nitrogens with one attached hydrogen (secondary N) is 1. The predicted molar refractivity (Wildman–Crippen MR) is 229 cm³/mol. The first-order valence-electron chi connectivity index (χ1n) is 22.5. The number of rotatable bonds is 14. The lowest BCUT2D eigenvalue weighted by atomic mass is 9.57. The van der Waals surface area contributed by atoms with Crippen molar-refractivity contribution in [1.82, 2.24) is 24.9 Å². The zero-order valence-electron chi connectivity index (χ0n) is 35.3. The average molecular weight is 851 g/mol. The topological polar surface area (TPSA) is 106 Å². The van der Waals surface area contributed by atoms with Gasteiger partial charge in [-0.15, -0.1) is 0 Å². The summed E-state index contributed by atoms with van der Waals surface area (Å²) in [5.74, 6) is -0.0592. The summed E-state index contributed by atoms with van der Waals surface area (Å²) in [4.78, 5) is 36.1. The number of methoxy groups -OCH3 is 1. The second-order valence-electron chi connectivity index (χ2n) is 18.5. The quantitative estimate of drug-likeness (QED) is 0.242. The molecule has 5 saturated heterocycles. The molecule has 328 valence electrons. The van der Waals surface area contributed by atoms with Crippen LogP contribution in [0.15, 0.2) is 65.6 Å². The highest BCUT2D eigenvalue weighted by atomic mass is 32.2. The SMILES string of the molecule is COC(=O)N[C@H]1CCC[C@@H]1C(CN1CCC1)(c1cccc(F)c1)C1CCN(C[C@]2(F)CCN(c3ccc(S(=O)(=O)C4CN(C(=O)/C=C/CN5CCCCC5)C4)cc3)C2)CC1. The molecule has 0 radical (unpaired) electrons. The van der Waals surface area contributed by atoms with Crippen molar-refractivity contribution >= 4 is 27.5 Å². The van der Waals surface area contributed by atoms with Gasteiger partial charge >= 0.3 is 6.09 Å². The number of hydrogen-bond donors (Lipinski definition) is 1. The zero-order chi connectivity index (χ0) is 41.9. The van der Waals surface area contributed by atoms with Gasteiger partial charge in [0.2, 0.25) is 5.91 Å². The highest BCUT2D eigenvalue weighted by Gasteiger charge is 2.53. The van der Waals surface area contributed by atoms with E-state index in [1.807, 2.05) is 17.0 Å². The maximum atomic E-state index is 16.7. The lowest BCUT2D eigenvalue weighted by Crippen LogP contribution is -2.59. The summed E-state index contributed by atoms with van der Waals surface area (Å²) in [5.41, 5.74) is 0.00129. The summed E-state index contributed by atoms with van der Waals surface area (Å²) in [6.07, 6.45) is 12.7. The van der Waals surface area contributed by atoms with E-state index in [9.17, 15) is 18.0 Å². The molecule has 14 heteroatoms. The molecule has 4 atom stereocenters. The highest BCUT2D eigenvalue weighted by molar-refractivity contribution is 7.92. The predicted octanol–water partition coefficient (Wildman–Crippen LogP) is 5.65. The van der Waals surface area contributed by atoms with Crippen molar-refractivity contribution < 1.29 is 31.5 Å². The first kappa shape index (κ1) is 43.1. The van der Waals surface area contributed by atoms with Gasteiger partial charge in [-0.3, -0.25) is 9.69 Å². The van der Waals surface area contributed by atoms with Gasteiger partial charge in [-0.05, 0) is 138 Å². The molecule has 6 fully saturated rings. The number of alkyl halides is 1. The summed E-state index contributed by atoms with van der Waals surface area (Å²) in [5, 5.41) is 2.52. The number of carbonyl (C=O) groups excluding carboxylic acids is 2. The number of amides is 2. The first-order chi connectivity index (χ1) is 29.0. The van der Waals surface area contributed by atoms with Crippen molar-refractivity contribution in [2.24, 2.45) is 11.8 Å². The molecule has 5 heterocycles. The highest BCUT2D eigenvalue weighted by Crippen LogP contribution is 2.52. The van der Waals surface area contributed by atoms with Gasteiger partial charge in [0, 0.05) is 68.9 Å². The number of piperidine rings is 2. The van der Waals surface area contributed by atoms with Gasteiger partial charge in [0.05, 0.1) is 18.6 Å². The van der Waals surface area contributed by atoms with Gasteiger partial charge in [0.15, 0.2) is 9.84 Å². The number of alkyl carbamates (subject to hydrolysis) is 1. The molecule has 0 spiro atoms. The second kappa shape index (κ2) is 18.4. The molecule has 0 bridgehead atoms.